The maximum Gasteiger partial charge on any atom is 0.0559 e. The van der Waals surface area contributed by atoms with Crippen LogP contribution in [-0.2, 0) is 0 Å². The molecule has 0 radical (unpaired) electrons. The van der Waals surface area contributed by atoms with Gasteiger partial charge in [0.15, 0.2) is 0 Å². The van der Waals surface area contributed by atoms with Crippen molar-refractivity contribution in [1.29, 1.82) is 0 Å². The lowest BCUT2D eigenvalue weighted by atomic mass is 10.0. The van der Waals surface area contributed by atoms with E-state index >= 15 is 0 Å². The average molecular weight is 226 g/mol. The van der Waals surface area contributed by atoms with E-state index in [0.717, 1.165) is 0 Å². The molecule has 0 spiro atoms. The first-order valence-corrected chi connectivity index (χ1v) is 5.15. The predicted octanol–water partition coefficient (Wildman–Crippen LogP) is 3.22. The van der Waals surface area contributed by atoms with Crippen molar-refractivity contribution < 1.29 is 0 Å². The highest BCUT2D eigenvalue weighted by molar-refractivity contribution is 7.08. The highest BCUT2D eigenvalue weighted by atomic mass is 35.5. The topological polar surface area (TPSA) is 26.0 Å². The molecule has 1 aromatic heterocycles. The van der Waals surface area contributed by atoms with Gasteiger partial charge < -0.3 is 5.73 Å². The van der Waals surface area contributed by atoms with Crippen LogP contribution in [0.1, 0.15) is 17.2 Å². The molecule has 1 atom stereocenters. The fraction of sp³-hybridized carbons (Fsp3) is 0.0909. The van der Waals surface area contributed by atoms with Crippen LogP contribution in [0.15, 0.2) is 47.2 Å². The molecule has 0 fully saturated rings. The van der Waals surface area contributed by atoms with Gasteiger partial charge in [-0.25, -0.2) is 0 Å². The largest absolute Gasteiger partial charge is 0.320 e. The van der Waals surface area contributed by atoms with Crippen molar-refractivity contribution in [3.05, 3.63) is 58.3 Å². The first-order valence-electron chi connectivity index (χ1n) is 4.20. The molecule has 1 nitrogen and oxygen atoms in total. The highest BCUT2D eigenvalue weighted by Gasteiger charge is 2.07. The van der Waals surface area contributed by atoms with Gasteiger partial charge in [-0.2, -0.15) is 11.3 Å². The number of halogens is 1. The fourth-order valence-corrected chi connectivity index (χ4v) is 2.00. The molecule has 0 aliphatic rings. The van der Waals surface area contributed by atoms with Crippen LogP contribution in [0.5, 0.6) is 0 Å². The van der Waals surface area contributed by atoms with Crippen LogP contribution in [-0.4, -0.2) is 0 Å². The molecular weight excluding hydrogens is 214 g/mol. The molecular formula is C11H12ClNS. The van der Waals surface area contributed by atoms with Crippen LogP contribution in [0.2, 0.25) is 0 Å². The predicted molar refractivity (Wildman–Crippen MR) is 64.0 cm³/mol. The van der Waals surface area contributed by atoms with Gasteiger partial charge in [-0.15, -0.1) is 12.4 Å². The second kappa shape index (κ2) is 5.15. The molecule has 0 bridgehead atoms. The molecule has 0 aliphatic carbocycles. The summed E-state index contributed by atoms with van der Waals surface area (Å²) in [7, 11) is 0. The molecule has 14 heavy (non-hydrogen) atoms. The molecule has 0 amide bonds. The van der Waals surface area contributed by atoms with Crippen LogP contribution in [0, 0.1) is 0 Å². The standard InChI is InChI=1S/C11H11NS.ClH/c12-11(10-6-7-13-8-10)9-4-2-1-3-5-9;/h1-8,11H,12H2;1H/t11-;/m1./s1. The number of rotatable bonds is 2. The minimum absolute atomic E-state index is 0. The van der Waals surface area contributed by atoms with Crippen molar-refractivity contribution >= 4 is 23.7 Å². The van der Waals surface area contributed by atoms with E-state index in [1.54, 1.807) is 11.3 Å². The summed E-state index contributed by atoms with van der Waals surface area (Å²) in [5, 5.41) is 4.15. The van der Waals surface area contributed by atoms with E-state index in [1.807, 2.05) is 18.2 Å². The van der Waals surface area contributed by atoms with E-state index in [4.69, 9.17) is 5.73 Å². The first-order chi connectivity index (χ1) is 6.38. The van der Waals surface area contributed by atoms with Gasteiger partial charge in [0.05, 0.1) is 6.04 Å². The summed E-state index contributed by atoms with van der Waals surface area (Å²) in [4.78, 5) is 0. The lowest BCUT2D eigenvalue weighted by molar-refractivity contribution is 0.877. The monoisotopic (exact) mass is 225 g/mol. The number of benzene rings is 1. The summed E-state index contributed by atoms with van der Waals surface area (Å²) in [5.41, 5.74) is 8.43. The van der Waals surface area contributed by atoms with Crippen molar-refractivity contribution in [3.8, 4) is 0 Å². The van der Waals surface area contributed by atoms with Gasteiger partial charge in [-0.3, -0.25) is 0 Å². The molecule has 0 saturated heterocycles. The van der Waals surface area contributed by atoms with Crippen molar-refractivity contribution in [3.63, 3.8) is 0 Å². The van der Waals surface area contributed by atoms with Gasteiger partial charge in [0.1, 0.15) is 0 Å². The second-order valence-corrected chi connectivity index (χ2v) is 3.73. The molecule has 2 N–H and O–H groups in total. The van der Waals surface area contributed by atoms with Crippen molar-refractivity contribution in [2.45, 2.75) is 6.04 Å². The summed E-state index contributed by atoms with van der Waals surface area (Å²) in [6.07, 6.45) is 0. The lowest BCUT2D eigenvalue weighted by Crippen LogP contribution is -2.10. The molecule has 0 aliphatic heterocycles. The van der Waals surface area contributed by atoms with Gasteiger partial charge in [0, 0.05) is 0 Å². The third-order valence-corrected chi connectivity index (χ3v) is 2.76. The zero-order valence-electron chi connectivity index (χ0n) is 7.59. The Morgan fingerprint density at radius 1 is 1.00 bits per heavy atom. The van der Waals surface area contributed by atoms with Crippen LogP contribution in [0.3, 0.4) is 0 Å². The van der Waals surface area contributed by atoms with Crippen LogP contribution < -0.4 is 5.73 Å². The Bertz CT molecular complexity index is 358. The molecule has 2 rings (SSSR count). The zero-order valence-corrected chi connectivity index (χ0v) is 9.22. The Kier molecular flexibility index (Phi) is 4.14. The summed E-state index contributed by atoms with van der Waals surface area (Å²) >= 11 is 1.68. The Morgan fingerprint density at radius 2 is 1.71 bits per heavy atom. The van der Waals surface area contributed by atoms with E-state index in [9.17, 15) is 0 Å². The van der Waals surface area contributed by atoms with Crippen molar-refractivity contribution in [2.24, 2.45) is 5.73 Å². The van der Waals surface area contributed by atoms with E-state index < -0.39 is 0 Å². The Balaban J connectivity index is 0.000000980. The van der Waals surface area contributed by atoms with E-state index in [0.29, 0.717) is 0 Å². The normalized spacial score (nSPS) is 11.8. The summed E-state index contributed by atoms with van der Waals surface area (Å²) < 4.78 is 0. The fourth-order valence-electron chi connectivity index (χ4n) is 1.30. The number of thiophene rings is 1. The highest BCUT2D eigenvalue weighted by Crippen LogP contribution is 2.20. The average Bonchev–Trinajstić information content (AvgIpc) is 2.71. The molecule has 74 valence electrons. The van der Waals surface area contributed by atoms with Crippen LogP contribution >= 0.6 is 23.7 Å². The van der Waals surface area contributed by atoms with Crippen molar-refractivity contribution in [1.82, 2.24) is 0 Å². The molecule has 1 aromatic carbocycles. The Hall–Kier alpha value is -0.830. The Morgan fingerprint density at radius 3 is 2.29 bits per heavy atom. The second-order valence-electron chi connectivity index (χ2n) is 2.95. The molecule has 3 heteroatoms. The summed E-state index contributed by atoms with van der Waals surface area (Å²) in [5.74, 6) is 0. The third kappa shape index (κ3) is 2.35. The van der Waals surface area contributed by atoms with Crippen LogP contribution in [0.25, 0.3) is 0 Å². The first kappa shape index (κ1) is 11.2. The number of hydrogen-bond acceptors (Lipinski definition) is 2. The minimum atomic E-state index is 0. The molecule has 0 saturated carbocycles. The summed E-state index contributed by atoms with van der Waals surface area (Å²) in [6.45, 7) is 0. The van der Waals surface area contributed by atoms with Gasteiger partial charge in [-0.05, 0) is 28.0 Å². The van der Waals surface area contributed by atoms with E-state index in [2.05, 4.69) is 29.0 Å². The molecule has 2 aromatic rings. The summed E-state index contributed by atoms with van der Waals surface area (Å²) in [6, 6.07) is 12.2. The van der Waals surface area contributed by atoms with Gasteiger partial charge in [0.2, 0.25) is 0 Å². The minimum Gasteiger partial charge on any atom is -0.320 e. The molecule has 1 heterocycles. The number of nitrogens with two attached hydrogens (primary N) is 1. The van der Waals surface area contributed by atoms with Gasteiger partial charge in [0.25, 0.3) is 0 Å². The third-order valence-electron chi connectivity index (χ3n) is 2.06. The quantitative estimate of drug-likeness (QED) is 0.835. The Labute approximate surface area is 94.0 Å². The van der Waals surface area contributed by atoms with Crippen molar-refractivity contribution in [2.75, 3.05) is 0 Å². The van der Waals surface area contributed by atoms with E-state index in [-0.39, 0.29) is 18.4 Å². The van der Waals surface area contributed by atoms with Crippen LogP contribution in [0.4, 0.5) is 0 Å². The zero-order chi connectivity index (χ0) is 9.10. The smallest absolute Gasteiger partial charge is 0.0559 e. The van der Waals surface area contributed by atoms with E-state index in [1.165, 1.54) is 11.1 Å². The maximum atomic E-state index is 6.07. The van der Waals surface area contributed by atoms with Gasteiger partial charge in [-0.1, -0.05) is 30.3 Å². The van der Waals surface area contributed by atoms with Gasteiger partial charge >= 0.3 is 0 Å². The maximum absolute atomic E-state index is 6.07. The number of hydrogen-bond donors (Lipinski definition) is 1. The molecule has 0 unspecified atom stereocenters. The SMILES string of the molecule is Cl.N[C@H](c1ccccc1)c1ccsc1. The lowest BCUT2D eigenvalue weighted by Gasteiger charge is -2.09.